The Morgan fingerprint density at radius 3 is 2.50 bits per heavy atom. The molecule has 3 rings (SSSR count). The lowest BCUT2D eigenvalue weighted by Crippen LogP contribution is -2.48. The van der Waals surface area contributed by atoms with E-state index in [0.29, 0.717) is 11.0 Å². The molecular formula is C19H22BrFN4O. The Morgan fingerprint density at radius 2 is 1.81 bits per heavy atom. The van der Waals surface area contributed by atoms with E-state index >= 15 is 0 Å². The second kappa shape index (κ2) is 9.00. The van der Waals surface area contributed by atoms with Crippen LogP contribution in [0.2, 0.25) is 0 Å². The van der Waals surface area contributed by atoms with Crippen LogP contribution in [-0.2, 0) is 0 Å². The molecule has 1 heterocycles. The first-order valence-corrected chi connectivity index (χ1v) is 9.43. The van der Waals surface area contributed by atoms with Gasteiger partial charge >= 0.3 is 6.03 Å². The van der Waals surface area contributed by atoms with E-state index in [0.717, 1.165) is 32.7 Å². The smallest absolute Gasteiger partial charge is 0.319 e. The highest BCUT2D eigenvalue weighted by Crippen LogP contribution is 2.19. The van der Waals surface area contributed by atoms with Crippen LogP contribution in [0.5, 0.6) is 0 Å². The molecule has 138 valence electrons. The number of rotatable bonds is 5. The molecule has 1 saturated heterocycles. The molecule has 0 saturated carbocycles. The van der Waals surface area contributed by atoms with Crippen LogP contribution in [0.25, 0.3) is 0 Å². The molecular weight excluding hydrogens is 399 g/mol. The molecule has 0 bridgehead atoms. The molecule has 2 aromatic rings. The number of carbonyl (C=O) groups excluding carboxylic acids is 1. The zero-order valence-corrected chi connectivity index (χ0v) is 16.0. The van der Waals surface area contributed by atoms with E-state index in [9.17, 15) is 9.18 Å². The first kappa shape index (κ1) is 18.7. The van der Waals surface area contributed by atoms with E-state index in [1.165, 1.54) is 17.8 Å². The normalized spacial score (nSPS) is 14.9. The van der Waals surface area contributed by atoms with Crippen molar-refractivity contribution in [1.82, 2.24) is 10.2 Å². The number of halogens is 2. The van der Waals surface area contributed by atoms with Crippen LogP contribution < -0.4 is 15.5 Å². The summed E-state index contributed by atoms with van der Waals surface area (Å²) in [7, 11) is 0. The van der Waals surface area contributed by atoms with Crippen LogP contribution >= 0.6 is 15.9 Å². The molecule has 0 aromatic heterocycles. The van der Waals surface area contributed by atoms with Gasteiger partial charge in [0.2, 0.25) is 0 Å². The number of benzene rings is 2. The van der Waals surface area contributed by atoms with Crippen LogP contribution in [-0.4, -0.2) is 50.2 Å². The van der Waals surface area contributed by atoms with Gasteiger partial charge in [0.05, 0.1) is 5.69 Å². The number of hydrogen-bond donors (Lipinski definition) is 2. The van der Waals surface area contributed by atoms with Gasteiger partial charge in [0.15, 0.2) is 0 Å². The number of anilines is 2. The number of nitrogens with zero attached hydrogens (tertiary/aromatic N) is 2. The highest BCUT2D eigenvalue weighted by molar-refractivity contribution is 9.10. The van der Waals surface area contributed by atoms with Gasteiger partial charge in [0.1, 0.15) is 5.82 Å². The molecule has 26 heavy (non-hydrogen) atoms. The third-order valence-electron chi connectivity index (χ3n) is 4.39. The Balaban J connectivity index is 1.37. The van der Waals surface area contributed by atoms with E-state index in [1.807, 2.05) is 6.07 Å². The first-order chi connectivity index (χ1) is 12.6. The first-order valence-electron chi connectivity index (χ1n) is 8.64. The minimum Gasteiger partial charge on any atom is -0.369 e. The average Bonchev–Trinajstić information content (AvgIpc) is 2.65. The van der Waals surface area contributed by atoms with E-state index in [-0.39, 0.29) is 5.69 Å². The number of piperazine rings is 1. The molecule has 1 aliphatic rings. The van der Waals surface area contributed by atoms with Gasteiger partial charge in [0.25, 0.3) is 0 Å². The zero-order valence-electron chi connectivity index (χ0n) is 14.4. The van der Waals surface area contributed by atoms with Crippen molar-refractivity contribution >= 4 is 33.3 Å². The zero-order chi connectivity index (χ0) is 18.4. The summed E-state index contributed by atoms with van der Waals surface area (Å²) >= 11 is 3.19. The van der Waals surface area contributed by atoms with E-state index in [2.05, 4.69) is 60.6 Å². The summed E-state index contributed by atoms with van der Waals surface area (Å²) in [5.74, 6) is -0.466. The maximum absolute atomic E-state index is 13.7. The van der Waals surface area contributed by atoms with Gasteiger partial charge in [-0.05, 0) is 30.3 Å². The number of urea groups is 1. The van der Waals surface area contributed by atoms with E-state index in [1.54, 1.807) is 6.07 Å². The van der Waals surface area contributed by atoms with Crippen molar-refractivity contribution in [2.45, 2.75) is 0 Å². The van der Waals surface area contributed by atoms with E-state index < -0.39 is 11.8 Å². The van der Waals surface area contributed by atoms with Gasteiger partial charge < -0.3 is 15.5 Å². The van der Waals surface area contributed by atoms with Crippen molar-refractivity contribution in [1.29, 1.82) is 0 Å². The van der Waals surface area contributed by atoms with Gasteiger partial charge in [-0.1, -0.05) is 34.1 Å². The predicted octanol–water partition coefficient (Wildman–Crippen LogP) is 3.53. The van der Waals surface area contributed by atoms with Crippen LogP contribution in [0.1, 0.15) is 0 Å². The van der Waals surface area contributed by atoms with Crippen molar-refractivity contribution in [2.75, 3.05) is 49.5 Å². The Labute approximate surface area is 161 Å². The highest BCUT2D eigenvalue weighted by Gasteiger charge is 2.16. The molecule has 0 aliphatic carbocycles. The van der Waals surface area contributed by atoms with Crippen molar-refractivity contribution in [3.8, 4) is 0 Å². The molecule has 1 fully saturated rings. The summed E-state index contributed by atoms with van der Waals surface area (Å²) in [4.78, 5) is 16.6. The third kappa shape index (κ3) is 5.19. The summed E-state index contributed by atoms with van der Waals surface area (Å²) in [6.45, 7) is 5.16. The standard InChI is InChI=1S/C19H22BrFN4O/c20-15-6-7-18(17(21)14-15)23-19(26)22-8-9-24-10-12-25(13-11-24)16-4-2-1-3-5-16/h1-7,14H,8-13H2,(H2,22,23,26). The number of amides is 2. The molecule has 0 unspecified atom stereocenters. The fourth-order valence-electron chi connectivity index (χ4n) is 2.95. The highest BCUT2D eigenvalue weighted by atomic mass is 79.9. The number of hydrogen-bond acceptors (Lipinski definition) is 3. The lowest BCUT2D eigenvalue weighted by Gasteiger charge is -2.36. The lowest BCUT2D eigenvalue weighted by atomic mass is 10.2. The SMILES string of the molecule is O=C(NCCN1CCN(c2ccccc2)CC1)Nc1ccc(Br)cc1F. The molecule has 1 aliphatic heterocycles. The number of carbonyl (C=O) groups is 1. The monoisotopic (exact) mass is 420 g/mol. The predicted molar refractivity (Wildman–Crippen MR) is 106 cm³/mol. The fraction of sp³-hybridized carbons (Fsp3) is 0.316. The maximum atomic E-state index is 13.7. The second-order valence-electron chi connectivity index (χ2n) is 6.17. The Kier molecular flexibility index (Phi) is 6.46. The minimum absolute atomic E-state index is 0.169. The van der Waals surface area contributed by atoms with Gasteiger partial charge in [-0.3, -0.25) is 4.90 Å². The van der Waals surface area contributed by atoms with Crippen molar-refractivity contribution in [2.24, 2.45) is 0 Å². The van der Waals surface area contributed by atoms with Crippen molar-refractivity contribution < 1.29 is 9.18 Å². The summed E-state index contributed by atoms with van der Waals surface area (Å²) < 4.78 is 14.3. The van der Waals surface area contributed by atoms with Crippen LogP contribution in [0.15, 0.2) is 53.0 Å². The molecule has 7 heteroatoms. The van der Waals surface area contributed by atoms with Gasteiger partial charge in [-0.15, -0.1) is 0 Å². The summed E-state index contributed by atoms with van der Waals surface area (Å²) in [5, 5.41) is 5.31. The summed E-state index contributed by atoms with van der Waals surface area (Å²) in [6.07, 6.45) is 0. The quantitative estimate of drug-likeness (QED) is 0.777. The fourth-order valence-corrected chi connectivity index (χ4v) is 3.29. The topological polar surface area (TPSA) is 47.6 Å². The van der Waals surface area contributed by atoms with Gasteiger partial charge in [-0.2, -0.15) is 0 Å². The molecule has 2 aromatic carbocycles. The summed E-state index contributed by atoms with van der Waals surface area (Å²) in [5.41, 5.74) is 1.42. The molecule has 2 N–H and O–H groups in total. The lowest BCUT2D eigenvalue weighted by molar-refractivity contribution is 0.240. The van der Waals surface area contributed by atoms with Gasteiger partial charge in [-0.25, -0.2) is 9.18 Å². The second-order valence-corrected chi connectivity index (χ2v) is 7.08. The van der Waals surface area contributed by atoms with Crippen molar-refractivity contribution in [3.05, 3.63) is 58.8 Å². The Morgan fingerprint density at radius 1 is 1.08 bits per heavy atom. The average molecular weight is 421 g/mol. The maximum Gasteiger partial charge on any atom is 0.319 e. The third-order valence-corrected chi connectivity index (χ3v) is 4.88. The van der Waals surface area contributed by atoms with Crippen LogP contribution in [0.3, 0.4) is 0 Å². The largest absolute Gasteiger partial charge is 0.369 e. The molecule has 0 atom stereocenters. The van der Waals surface area contributed by atoms with Crippen molar-refractivity contribution in [3.63, 3.8) is 0 Å². The summed E-state index contributed by atoms with van der Waals surface area (Å²) in [6, 6.07) is 14.5. The molecule has 2 amide bonds. The molecule has 0 radical (unpaired) electrons. The Hall–Kier alpha value is -2.12. The molecule has 0 spiro atoms. The van der Waals surface area contributed by atoms with E-state index in [4.69, 9.17) is 0 Å². The number of nitrogens with one attached hydrogen (secondary N) is 2. The van der Waals surface area contributed by atoms with Crippen LogP contribution in [0, 0.1) is 5.82 Å². The minimum atomic E-state index is -0.466. The Bertz CT molecular complexity index is 736. The van der Waals surface area contributed by atoms with Crippen LogP contribution in [0.4, 0.5) is 20.6 Å². The van der Waals surface area contributed by atoms with Gasteiger partial charge in [0, 0.05) is 49.4 Å². The molecule has 5 nitrogen and oxygen atoms in total. The number of para-hydroxylation sites is 1.